The summed E-state index contributed by atoms with van der Waals surface area (Å²) in [4.78, 5) is 23.9. The summed E-state index contributed by atoms with van der Waals surface area (Å²) in [6.07, 6.45) is -4.58. The largest absolute Gasteiger partial charge is 0.480 e. The summed E-state index contributed by atoms with van der Waals surface area (Å²) < 4.78 is 38.4. The Labute approximate surface area is 158 Å². The third-order valence-electron chi connectivity index (χ3n) is 4.31. The molecule has 0 heterocycles. The zero-order valence-electron chi connectivity index (χ0n) is 14.5. The van der Waals surface area contributed by atoms with Crippen LogP contribution in [-0.2, 0) is 17.4 Å². The first kappa shape index (κ1) is 19.4. The van der Waals surface area contributed by atoms with E-state index in [4.69, 9.17) is 0 Å². The van der Waals surface area contributed by atoms with E-state index in [1.165, 1.54) is 6.07 Å². The highest BCUT2D eigenvalue weighted by molar-refractivity contribution is 5.96. The van der Waals surface area contributed by atoms with Gasteiger partial charge in [-0.05, 0) is 34.5 Å². The van der Waals surface area contributed by atoms with Crippen LogP contribution in [0.2, 0.25) is 0 Å². The molecule has 0 aliphatic rings. The zero-order chi connectivity index (χ0) is 20.3. The van der Waals surface area contributed by atoms with Crippen molar-refractivity contribution in [1.82, 2.24) is 5.32 Å². The second-order valence-corrected chi connectivity index (χ2v) is 6.33. The highest BCUT2D eigenvalue weighted by Gasteiger charge is 2.31. The smallest absolute Gasteiger partial charge is 0.416 e. The van der Waals surface area contributed by atoms with Crippen LogP contribution in [0.4, 0.5) is 13.2 Å². The van der Waals surface area contributed by atoms with Crippen molar-refractivity contribution < 1.29 is 27.9 Å². The molecule has 0 aliphatic heterocycles. The number of carboxylic acids is 1. The minimum absolute atomic E-state index is 0.00483. The number of fused-ring (bicyclic) bond motifs is 1. The van der Waals surface area contributed by atoms with E-state index in [1.54, 1.807) is 6.07 Å². The molecular formula is C21H16F3NO3. The van der Waals surface area contributed by atoms with Crippen LogP contribution in [-0.4, -0.2) is 23.0 Å². The number of hydrogen-bond acceptors (Lipinski definition) is 2. The van der Waals surface area contributed by atoms with Gasteiger partial charge in [0.25, 0.3) is 5.91 Å². The van der Waals surface area contributed by atoms with E-state index >= 15 is 0 Å². The number of amides is 1. The van der Waals surface area contributed by atoms with Crippen LogP contribution in [0.5, 0.6) is 0 Å². The standard InChI is InChI=1S/C21H16F3NO3/c22-21(23,24)17-7-3-6-16(12-17)19(26)25-18(20(27)28)11-13-8-9-14-4-1-2-5-15(14)10-13/h1-10,12,18H,11H2,(H,25,26)(H,27,28)/t18-/m0/s1. The summed E-state index contributed by atoms with van der Waals surface area (Å²) in [5.41, 5.74) is -0.531. The third kappa shape index (κ3) is 4.49. The molecule has 7 heteroatoms. The number of halogens is 3. The SMILES string of the molecule is O=C(N[C@@H](Cc1ccc2ccccc2c1)C(=O)O)c1cccc(C(F)(F)F)c1. The maximum atomic E-state index is 12.8. The molecule has 1 amide bonds. The van der Waals surface area contributed by atoms with Crippen molar-refractivity contribution in [1.29, 1.82) is 0 Å². The molecule has 0 bridgehead atoms. The molecule has 0 aromatic heterocycles. The minimum atomic E-state index is -4.59. The Hall–Kier alpha value is -3.35. The molecule has 0 fully saturated rings. The predicted molar refractivity (Wildman–Crippen MR) is 98.0 cm³/mol. The molecule has 0 aliphatic carbocycles. The molecule has 28 heavy (non-hydrogen) atoms. The average molecular weight is 387 g/mol. The number of carbonyl (C=O) groups excluding carboxylic acids is 1. The average Bonchev–Trinajstić information content (AvgIpc) is 2.66. The number of alkyl halides is 3. The lowest BCUT2D eigenvalue weighted by molar-refractivity contribution is -0.139. The first-order valence-electron chi connectivity index (χ1n) is 8.42. The summed E-state index contributed by atoms with van der Waals surface area (Å²) in [7, 11) is 0. The van der Waals surface area contributed by atoms with Gasteiger partial charge in [-0.1, -0.05) is 48.5 Å². The lowest BCUT2D eigenvalue weighted by Gasteiger charge is -2.16. The summed E-state index contributed by atoms with van der Waals surface area (Å²) in [5, 5.41) is 13.7. The van der Waals surface area contributed by atoms with Gasteiger partial charge >= 0.3 is 12.1 Å². The van der Waals surface area contributed by atoms with E-state index in [2.05, 4.69) is 5.32 Å². The number of rotatable bonds is 5. The Morgan fingerprint density at radius 2 is 1.64 bits per heavy atom. The topological polar surface area (TPSA) is 66.4 Å². The molecule has 4 nitrogen and oxygen atoms in total. The van der Waals surface area contributed by atoms with Crippen molar-refractivity contribution in [3.8, 4) is 0 Å². The van der Waals surface area contributed by atoms with Crippen LogP contribution in [0.3, 0.4) is 0 Å². The first-order chi connectivity index (χ1) is 13.2. The summed E-state index contributed by atoms with van der Waals surface area (Å²) >= 11 is 0. The normalized spacial score (nSPS) is 12.5. The molecule has 3 aromatic carbocycles. The molecule has 0 saturated heterocycles. The minimum Gasteiger partial charge on any atom is -0.480 e. The molecule has 144 valence electrons. The maximum Gasteiger partial charge on any atom is 0.416 e. The highest BCUT2D eigenvalue weighted by atomic mass is 19.4. The fourth-order valence-corrected chi connectivity index (χ4v) is 2.88. The van der Waals surface area contributed by atoms with Crippen LogP contribution < -0.4 is 5.32 Å². The molecular weight excluding hydrogens is 371 g/mol. The summed E-state index contributed by atoms with van der Waals surface area (Å²) in [5.74, 6) is -2.15. The number of benzene rings is 3. The van der Waals surface area contributed by atoms with Gasteiger partial charge < -0.3 is 10.4 Å². The second kappa shape index (κ2) is 7.72. The number of carbonyl (C=O) groups is 2. The Bertz CT molecular complexity index is 1030. The molecule has 1 atom stereocenters. The van der Waals surface area contributed by atoms with Crippen molar-refractivity contribution in [2.24, 2.45) is 0 Å². The van der Waals surface area contributed by atoms with Gasteiger partial charge in [-0.2, -0.15) is 13.2 Å². The number of nitrogens with one attached hydrogen (secondary N) is 1. The fourth-order valence-electron chi connectivity index (χ4n) is 2.88. The molecule has 0 saturated carbocycles. The molecule has 2 N–H and O–H groups in total. The van der Waals surface area contributed by atoms with Crippen molar-refractivity contribution in [3.63, 3.8) is 0 Å². The fraction of sp³-hybridized carbons (Fsp3) is 0.143. The molecule has 3 rings (SSSR count). The Kier molecular flexibility index (Phi) is 5.35. The Morgan fingerprint density at radius 3 is 2.32 bits per heavy atom. The van der Waals surface area contributed by atoms with Gasteiger partial charge in [0.2, 0.25) is 0 Å². The van der Waals surface area contributed by atoms with Crippen LogP contribution in [0.1, 0.15) is 21.5 Å². The summed E-state index contributed by atoms with van der Waals surface area (Å²) in [6, 6.07) is 15.6. The lowest BCUT2D eigenvalue weighted by Crippen LogP contribution is -2.42. The van der Waals surface area contributed by atoms with Crippen molar-refractivity contribution in [2.45, 2.75) is 18.6 Å². The predicted octanol–water partition coefficient (Wildman–Crippen LogP) is 4.28. The van der Waals surface area contributed by atoms with Crippen molar-refractivity contribution >= 4 is 22.6 Å². The Balaban J connectivity index is 1.79. The van der Waals surface area contributed by atoms with E-state index < -0.39 is 29.7 Å². The monoisotopic (exact) mass is 387 g/mol. The van der Waals surface area contributed by atoms with Crippen LogP contribution in [0.15, 0.2) is 66.7 Å². The van der Waals surface area contributed by atoms with E-state index in [0.717, 1.165) is 22.9 Å². The van der Waals surface area contributed by atoms with Gasteiger partial charge in [-0.25, -0.2) is 4.79 Å². The van der Waals surface area contributed by atoms with E-state index in [-0.39, 0.29) is 12.0 Å². The molecule has 3 aromatic rings. The summed E-state index contributed by atoms with van der Waals surface area (Å²) in [6.45, 7) is 0. The zero-order valence-corrected chi connectivity index (χ0v) is 14.5. The second-order valence-electron chi connectivity index (χ2n) is 6.33. The molecule has 0 unspecified atom stereocenters. The van der Waals surface area contributed by atoms with Gasteiger partial charge in [0, 0.05) is 12.0 Å². The molecule has 0 spiro atoms. The first-order valence-corrected chi connectivity index (χ1v) is 8.42. The number of carboxylic acid groups (broad SMARTS) is 1. The Morgan fingerprint density at radius 1 is 0.929 bits per heavy atom. The van der Waals surface area contributed by atoms with Crippen molar-refractivity contribution in [3.05, 3.63) is 83.4 Å². The van der Waals surface area contributed by atoms with Crippen LogP contribution >= 0.6 is 0 Å². The van der Waals surface area contributed by atoms with E-state index in [0.29, 0.717) is 11.6 Å². The maximum absolute atomic E-state index is 12.8. The van der Waals surface area contributed by atoms with Gasteiger partial charge in [0.05, 0.1) is 5.56 Å². The lowest BCUT2D eigenvalue weighted by atomic mass is 10.0. The van der Waals surface area contributed by atoms with Crippen LogP contribution in [0, 0.1) is 0 Å². The third-order valence-corrected chi connectivity index (χ3v) is 4.31. The van der Waals surface area contributed by atoms with E-state index in [9.17, 15) is 27.9 Å². The molecule has 0 radical (unpaired) electrons. The van der Waals surface area contributed by atoms with Gasteiger partial charge in [0.15, 0.2) is 0 Å². The highest BCUT2D eigenvalue weighted by Crippen LogP contribution is 2.29. The quantitative estimate of drug-likeness (QED) is 0.687. The van der Waals surface area contributed by atoms with Crippen LogP contribution in [0.25, 0.3) is 10.8 Å². The van der Waals surface area contributed by atoms with E-state index in [1.807, 2.05) is 36.4 Å². The number of hydrogen-bond donors (Lipinski definition) is 2. The van der Waals surface area contributed by atoms with Gasteiger partial charge in [-0.3, -0.25) is 4.79 Å². The van der Waals surface area contributed by atoms with Gasteiger partial charge in [-0.15, -0.1) is 0 Å². The van der Waals surface area contributed by atoms with Gasteiger partial charge in [0.1, 0.15) is 6.04 Å². The number of aliphatic carboxylic acids is 1. The van der Waals surface area contributed by atoms with Crippen molar-refractivity contribution in [2.75, 3.05) is 0 Å².